The topological polar surface area (TPSA) is 93.4 Å². The third-order valence-electron chi connectivity index (χ3n) is 5.91. The fourth-order valence-corrected chi connectivity index (χ4v) is 3.92. The van der Waals surface area contributed by atoms with Crippen LogP contribution in [0.15, 0.2) is 24.3 Å². The lowest BCUT2D eigenvalue weighted by atomic mass is 9.99. The summed E-state index contributed by atoms with van der Waals surface area (Å²) in [6.45, 7) is 7.20. The predicted molar refractivity (Wildman–Crippen MR) is 118 cm³/mol. The van der Waals surface area contributed by atoms with Crippen LogP contribution in [0.3, 0.4) is 0 Å². The van der Waals surface area contributed by atoms with Gasteiger partial charge in [-0.3, -0.25) is 4.90 Å². The Morgan fingerprint density at radius 1 is 0.900 bits per heavy atom. The molecule has 172 valence electrons. The molecule has 0 aromatic heterocycles. The van der Waals surface area contributed by atoms with E-state index in [2.05, 4.69) is 38.1 Å². The van der Waals surface area contributed by atoms with Crippen LogP contribution >= 0.6 is 0 Å². The van der Waals surface area contributed by atoms with Gasteiger partial charge in [0.2, 0.25) is 0 Å². The minimum Gasteiger partial charge on any atom is -0.389 e. The van der Waals surface area contributed by atoms with Crippen molar-refractivity contribution in [3.63, 3.8) is 0 Å². The Morgan fingerprint density at radius 2 is 1.50 bits per heavy atom. The summed E-state index contributed by atoms with van der Waals surface area (Å²) in [6, 6.07) is 8.54. The van der Waals surface area contributed by atoms with E-state index in [0.717, 1.165) is 45.3 Å². The van der Waals surface area contributed by atoms with Gasteiger partial charge in [-0.1, -0.05) is 51.0 Å². The third-order valence-corrected chi connectivity index (χ3v) is 5.91. The van der Waals surface area contributed by atoms with Gasteiger partial charge in [0.05, 0.1) is 18.8 Å². The average molecular weight is 424 g/mol. The van der Waals surface area contributed by atoms with Crippen LogP contribution in [0.2, 0.25) is 0 Å². The van der Waals surface area contributed by atoms with E-state index in [9.17, 15) is 20.4 Å². The molecule has 6 nitrogen and oxygen atoms in total. The zero-order valence-electron chi connectivity index (χ0n) is 18.6. The highest BCUT2D eigenvalue weighted by atomic mass is 16.5. The Morgan fingerprint density at radius 3 is 2.13 bits per heavy atom. The maximum Gasteiger partial charge on any atom is 0.110 e. The highest BCUT2D eigenvalue weighted by Gasteiger charge is 2.35. The first kappa shape index (κ1) is 25.2. The Balaban J connectivity index is 1.57. The van der Waals surface area contributed by atoms with Gasteiger partial charge < -0.3 is 25.2 Å². The number of benzene rings is 1. The summed E-state index contributed by atoms with van der Waals surface area (Å²) < 4.78 is 5.90. The van der Waals surface area contributed by atoms with Crippen molar-refractivity contribution in [2.24, 2.45) is 5.92 Å². The van der Waals surface area contributed by atoms with Crippen LogP contribution in [0.25, 0.3) is 0 Å². The Kier molecular flexibility index (Phi) is 11.3. The van der Waals surface area contributed by atoms with Crippen LogP contribution in [-0.2, 0) is 17.8 Å². The Bertz CT molecular complexity index is 581. The number of aryl methyl sites for hydroxylation is 1. The third kappa shape index (κ3) is 8.61. The normalized spacial score (nSPS) is 25.6. The molecule has 0 aliphatic carbocycles. The van der Waals surface area contributed by atoms with Gasteiger partial charge in [-0.05, 0) is 49.3 Å². The van der Waals surface area contributed by atoms with Gasteiger partial charge in [0.15, 0.2) is 0 Å². The van der Waals surface area contributed by atoms with Crippen molar-refractivity contribution in [2.45, 2.75) is 83.4 Å². The van der Waals surface area contributed by atoms with E-state index in [1.807, 2.05) is 4.90 Å². The molecule has 1 aromatic rings. The monoisotopic (exact) mass is 423 g/mol. The van der Waals surface area contributed by atoms with Gasteiger partial charge in [-0.15, -0.1) is 0 Å². The molecule has 4 N–H and O–H groups in total. The number of ether oxygens (including phenoxy) is 1. The molecule has 4 atom stereocenters. The molecule has 6 heteroatoms. The van der Waals surface area contributed by atoms with E-state index in [1.54, 1.807) is 0 Å². The molecule has 2 rings (SSSR count). The summed E-state index contributed by atoms with van der Waals surface area (Å²) in [5.41, 5.74) is 2.68. The van der Waals surface area contributed by atoms with E-state index in [-0.39, 0.29) is 13.1 Å². The second-order valence-corrected chi connectivity index (χ2v) is 9.04. The van der Waals surface area contributed by atoms with Crippen molar-refractivity contribution in [3.05, 3.63) is 35.4 Å². The van der Waals surface area contributed by atoms with Gasteiger partial charge in [0.25, 0.3) is 0 Å². The zero-order valence-corrected chi connectivity index (χ0v) is 18.6. The van der Waals surface area contributed by atoms with Crippen LogP contribution < -0.4 is 0 Å². The number of aliphatic hydroxyl groups excluding tert-OH is 4. The number of hydrogen-bond donors (Lipinski definition) is 4. The molecule has 0 spiro atoms. The number of aliphatic hydroxyl groups is 4. The molecule has 1 aliphatic rings. The summed E-state index contributed by atoms with van der Waals surface area (Å²) in [6.07, 6.45) is 1.71. The predicted octanol–water partition coefficient (Wildman–Crippen LogP) is 2.11. The van der Waals surface area contributed by atoms with Crippen molar-refractivity contribution in [3.8, 4) is 0 Å². The van der Waals surface area contributed by atoms with Crippen LogP contribution in [-0.4, -0.2) is 76.0 Å². The first-order chi connectivity index (χ1) is 14.4. The SMILES string of the molecule is CC(C)CCc1ccccc1COCCCCCCN1C[C@H](O)[C@@H](O)[C@H](O)[C@@H](O)C1. The van der Waals surface area contributed by atoms with E-state index in [0.29, 0.717) is 12.5 Å². The fourth-order valence-electron chi connectivity index (χ4n) is 3.92. The van der Waals surface area contributed by atoms with E-state index >= 15 is 0 Å². The molecule has 1 saturated heterocycles. The average Bonchev–Trinajstić information content (AvgIpc) is 2.81. The van der Waals surface area contributed by atoms with Crippen molar-refractivity contribution in [2.75, 3.05) is 26.2 Å². The standard InChI is InChI=1S/C24H41NO5/c1-18(2)11-12-19-9-5-6-10-20(19)17-30-14-8-4-3-7-13-25-15-21(26)23(28)24(29)22(27)16-25/h5-6,9-10,18,21-24,26-29H,3-4,7-8,11-17H2,1-2H3/t21-,22-,23+,24+/m0/s1. The molecule has 0 unspecified atom stereocenters. The lowest BCUT2D eigenvalue weighted by Crippen LogP contribution is -2.43. The van der Waals surface area contributed by atoms with Crippen LogP contribution in [0.4, 0.5) is 0 Å². The number of rotatable bonds is 12. The molecule has 0 amide bonds. The molecule has 1 fully saturated rings. The summed E-state index contributed by atoms with van der Waals surface area (Å²) >= 11 is 0. The fraction of sp³-hybridized carbons (Fsp3) is 0.750. The minimum atomic E-state index is -1.29. The van der Waals surface area contributed by atoms with Gasteiger partial charge in [0, 0.05) is 19.7 Å². The molecule has 30 heavy (non-hydrogen) atoms. The molecule has 0 radical (unpaired) electrons. The minimum absolute atomic E-state index is 0.272. The highest BCUT2D eigenvalue weighted by Crippen LogP contribution is 2.16. The first-order valence-corrected chi connectivity index (χ1v) is 11.5. The number of hydrogen-bond acceptors (Lipinski definition) is 6. The van der Waals surface area contributed by atoms with Gasteiger partial charge in [-0.25, -0.2) is 0 Å². The second-order valence-electron chi connectivity index (χ2n) is 9.04. The van der Waals surface area contributed by atoms with Crippen molar-refractivity contribution < 1.29 is 25.2 Å². The van der Waals surface area contributed by atoms with E-state index in [1.165, 1.54) is 17.5 Å². The van der Waals surface area contributed by atoms with Crippen molar-refractivity contribution >= 4 is 0 Å². The molecule has 1 aliphatic heterocycles. The Hall–Kier alpha value is -1.02. The first-order valence-electron chi connectivity index (χ1n) is 11.5. The summed E-state index contributed by atoms with van der Waals surface area (Å²) in [5, 5.41) is 39.3. The molecular formula is C24H41NO5. The molecule has 0 saturated carbocycles. The maximum atomic E-state index is 9.91. The van der Waals surface area contributed by atoms with Gasteiger partial charge in [0.1, 0.15) is 12.2 Å². The summed E-state index contributed by atoms with van der Waals surface area (Å²) in [7, 11) is 0. The van der Waals surface area contributed by atoms with Crippen LogP contribution in [0.1, 0.15) is 57.1 Å². The maximum absolute atomic E-state index is 9.91. The van der Waals surface area contributed by atoms with Crippen molar-refractivity contribution in [1.82, 2.24) is 4.90 Å². The zero-order chi connectivity index (χ0) is 21.9. The number of β-amino-alcohol motifs (C(OH)–C–C–N with tert-alkyl or cyclic N) is 2. The summed E-state index contributed by atoms with van der Waals surface area (Å²) in [4.78, 5) is 1.92. The molecule has 1 heterocycles. The highest BCUT2D eigenvalue weighted by molar-refractivity contribution is 5.26. The molecular weight excluding hydrogens is 382 g/mol. The number of unbranched alkanes of at least 4 members (excludes halogenated alkanes) is 3. The van der Waals surface area contributed by atoms with Crippen LogP contribution in [0.5, 0.6) is 0 Å². The smallest absolute Gasteiger partial charge is 0.110 e. The number of likely N-dealkylation sites (tertiary alicyclic amines) is 1. The molecule has 0 bridgehead atoms. The van der Waals surface area contributed by atoms with Gasteiger partial charge >= 0.3 is 0 Å². The largest absolute Gasteiger partial charge is 0.389 e. The van der Waals surface area contributed by atoms with E-state index in [4.69, 9.17) is 4.74 Å². The van der Waals surface area contributed by atoms with Crippen LogP contribution in [0, 0.1) is 5.92 Å². The Labute approximate surface area is 181 Å². The molecule has 1 aromatic carbocycles. The lowest BCUT2D eigenvalue weighted by Gasteiger charge is -2.23. The second kappa shape index (κ2) is 13.4. The number of nitrogens with zero attached hydrogens (tertiary/aromatic N) is 1. The van der Waals surface area contributed by atoms with Gasteiger partial charge in [-0.2, -0.15) is 0 Å². The quantitative estimate of drug-likeness (QED) is 0.385. The lowest BCUT2D eigenvalue weighted by molar-refractivity contribution is -0.0894. The van der Waals surface area contributed by atoms with Crippen molar-refractivity contribution in [1.29, 1.82) is 0 Å². The van der Waals surface area contributed by atoms with E-state index < -0.39 is 24.4 Å². The summed E-state index contributed by atoms with van der Waals surface area (Å²) in [5.74, 6) is 0.704.